The quantitative estimate of drug-likeness (QED) is 0.168. The molecule has 0 unspecified atom stereocenters. The lowest BCUT2D eigenvalue weighted by Crippen LogP contribution is -2.16. The minimum Gasteiger partial charge on any atom is -0.307 e. The standard InChI is InChI=1S/C52H35N3/c1-52(2)43-20-10-6-16-35(43)40-29-28-39-36-17-7-11-21-44(36)53-49(47(39)48(40)52)32-24-26-34(27-25-32)55-46-23-13-9-19-38(46)42-31-30-41-37-18-8-12-22-45(37)54(50(41)51(42)55)33-14-4-3-5-15-33/h3-31H,1-2H3. The van der Waals surface area contributed by atoms with E-state index in [4.69, 9.17) is 4.98 Å². The van der Waals surface area contributed by atoms with E-state index in [0.29, 0.717) is 0 Å². The van der Waals surface area contributed by atoms with Crippen LogP contribution in [-0.2, 0) is 5.41 Å². The monoisotopic (exact) mass is 701 g/mol. The first kappa shape index (κ1) is 30.5. The van der Waals surface area contributed by atoms with Gasteiger partial charge in [0.1, 0.15) is 0 Å². The molecule has 0 fully saturated rings. The zero-order chi connectivity index (χ0) is 36.4. The summed E-state index contributed by atoms with van der Waals surface area (Å²) in [6, 6.07) is 64.3. The molecule has 3 aromatic heterocycles. The van der Waals surface area contributed by atoms with Gasteiger partial charge in [-0.05, 0) is 70.1 Å². The van der Waals surface area contributed by atoms with Gasteiger partial charge in [0.2, 0.25) is 0 Å². The highest BCUT2D eigenvalue weighted by Gasteiger charge is 2.38. The van der Waals surface area contributed by atoms with Gasteiger partial charge in [-0.15, -0.1) is 0 Å². The molecule has 8 aromatic carbocycles. The molecule has 0 aliphatic heterocycles. The average Bonchev–Trinajstić information content (AvgIpc) is 3.84. The maximum atomic E-state index is 5.47. The summed E-state index contributed by atoms with van der Waals surface area (Å²) in [6.45, 7) is 4.74. The van der Waals surface area contributed by atoms with E-state index in [1.54, 1.807) is 0 Å². The van der Waals surface area contributed by atoms with Crippen LogP contribution >= 0.6 is 0 Å². The predicted octanol–water partition coefficient (Wildman–Crippen LogP) is 13.6. The van der Waals surface area contributed by atoms with E-state index in [1.165, 1.54) is 82.0 Å². The summed E-state index contributed by atoms with van der Waals surface area (Å²) in [5.74, 6) is 0. The van der Waals surface area contributed by atoms with Crippen LogP contribution in [0.2, 0.25) is 0 Å². The number of para-hydroxylation sites is 4. The van der Waals surface area contributed by atoms with Crippen LogP contribution in [0.3, 0.4) is 0 Å². The van der Waals surface area contributed by atoms with Gasteiger partial charge in [-0.1, -0.05) is 147 Å². The molecule has 12 rings (SSSR count). The molecule has 1 aliphatic carbocycles. The summed E-state index contributed by atoms with van der Waals surface area (Å²) in [7, 11) is 0. The third-order valence-corrected chi connectivity index (χ3v) is 12.3. The van der Waals surface area contributed by atoms with Crippen molar-refractivity contribution in [2.45, 2.75) is 19.3 Å². The molecular formula is C52H35N3. The van der Waals surface area contributed by atoms with Gasteiger partial charge >= 0.3 is 0 Å². The predicted molar refractivity (Wildman–Crippen MR) is 231 cm³/mol. The van der Waals surface area contributed by atoms with Gasteiger partial charge in [0.25, 0.3) is 0 Å². The molecule has 3 heteroatoms. The zero-order valence-electron chi connectivity index (χ0n) is 30.6. The summed E-state index contributed by atoms with van der Waals surface area (Å²) >= 11 is 0. The molecule has 0 bridgehead atoms. The Kier molecular flexibility index (Phi) is 6.12. The summed E-state index contributed by atoms with van der Waals surface area (Å²) in [6.07, 6.45) is 0. The maximum absolute atomic E-state index is 5.47. The largest absolute Gasteiger partial charge is 0.307 e. The van der Waals surface area contributed by atoms with Gasteiger partial charge in [0.15, 0.2) is 0 Å². The zero-order valence-corrected chi connectivity index (χ0v) is 30.6. The second-order valence-corrected chi connectivity index (χ2v) is 15.5. The van der Waals surface area contributed by atoms with Gasteiger partial charge in [0.05, 0.1) is 33.3 Å². The Balaban J connectivity index is 1.14. The Morgan fingerprint density at radius 3 is 1.65 bits per heavy atom. The SMILES string of the molecule is CC1(C)c2ccccc2-c2ccc3c(c(-c4ccc(-n5c6ccccc6c6ccc7c8ccccc8n(-c8ccccc8)c7c65)cc4)nc4ccccc43)c21. The molecule has 0 N–H and O–H groups in total. The number of pyridine rings is 1. The maximum Gasteiger partial charge on any atom is 0.0791 e. The fraction of sp³-hybridized carbons (Fsp3) is 0.0577. The van der Waals surface area contributed by atoms with E-state index >= 15 is 0 Å². The molecule has 0 amide bonds. The van der Waals surface area contributed by atoms with E-state index in [1.807, 2.05) is 0 Å². The number of rotatable bonds is 3. The van der Waals surface area contributed by atoms with Crippen molar-refractivity contribution in [3.05, 3.63) is 187 Å². The lowest BCUT2D eigenvalue weighted by atomic mass is 9.79. The summed E-state index contributed by atoms with van der Waals surface area (Å²) in [5.41, 5.74) is 15.4. The van der Waals surface area contributed by atoms with Gasteiger partial charge in [-0.2, -0.15) is 0 Å². The first-order chi connectivity index (χ1) is 27.1. The van der Waals surface area contributed by atoms with Crippen molar-refractivity contribution in [1.82, 2.24) is 14.1 Å². The van der Waals surface area contributed by atoms with Crippen LogP contribution in [0, 0.1) is 0 Å². The molecule has 0 spiro atoms. The number of fused-ring (bicyclic) bond motifs is 14. The number of hydrogen-bond donors (Lipinski definition) is 0. The van der Waals surface area contributed by atoms with Gasteiger partial charge < -0.3 is 9.13 Å². The molecule has 258 valence electrons. The first-order valence-electron chi connectivity index (χ1n) is 19.2. The molecule has 55 heavy (non-hydrogen) atoms. The highest BCUT2D eigenvalue weighted by Crippen LogP contribution is 2.53. The van der Waals surface area contributed by atoms with Crippen LogP contribution in [0.5, 0.6) is 0 Å². The van der Waals surface area contributed by atoms with Gasteiger partial charge in [0, 0.05) is 54.7 Å². The van der Waals surface area contributed by atoms with Crippen molar-refractivity contribution in [1.29, 1.82) is 0 Å². The molecule has 11 aromatic rings. The Bertz CT molecular complexity index is 3380. The molecule has 3 heterocycles. The fourth-order valence-corrected chi connectivity index (χ4v) is 9.91. The van der Waals surface area contributed by atoms with Crippen molar-refractivity contribution in [2.75, 3.05) is 0 Å². The smallest absolute Gasteiger partial charge is 0.0791 e. The lowest BCUT2D eigenvalue weighted by molar-refractivity contribution is 0.666. The van der Waals surface area contributed by atoms with E-state index < -0.39 is 0 Å². The van der Waals surface area contributed by atoms with E-state index in [-0.39, 0.29) is 5.41 Å². The van der Waals surface area contributed by atoms with Crippen molar-refractivity contribution in [3.8, 4) is 33.8 Å². The van der Waals surface area contributed by atoms with E-state index in [2.05, 4.69) is 199 Å². The molecular weight excluding hydrogens is 667 g/mol. The Labute approximate surface area is 318 Å². The van der Waals surface area contributed by atoms with Crippen molar-refractivity contribution < 1.29 is 0 Å². The minimum absolute atomic E-state index is 0.171. The number of aromatic nitrogens is 3. The van der Waals surface area contributed by atoms with Crippen molar-refractivity contribution >= 4 is 65.3 Å². The average molecular weight is 702 g/mol. The number of hydrogen-bond acceptors (Lipinski definition) is 1. The second-order valence-electron chi connectivity index (χ2n) is 15.5. The molecule has 3 nitrogen and oxygen atoms in total. The van der Waals surface area contributed by atoms with Crippen molar-refractivity contribution in [3.63, 3.8) is 0 Å². The Morgan fingerprint density at radius 2 is 0.964 bits per heavy atom. The van der Waals surface area contributed by atoms with E-state index in [0.717, 1.165) is 28.1 Å². The number of benzene rings is 8. The van der Waals surface area contributed by atoms with Crippen LogP contribution in [0.4, 0.5) is 0 Å². The molecule has 0 saturated heterocycles. The van der Waals surface area contributed by atoms with Gasteiger partial charge in [-0.3, -0.25) is 0 Å². The lowest BCUT2D eigenvalue weighted by Gasteiger charge is -2.25. The Hall–Kier alpha value is -6.97. The highest BCUT2D eigenvalue weighted by molar-refractivity contribution is 6.24. The summed E-state index contributed by atoms with van der Waals surface area (Å²) in [4.78, 5) is 5.47. The van der Waals surface area contributed by atoms with Gasteiger partial charge in [-0.25, -0.2) is 4.98 Å². The van der Waals surface area contributed by atoms with Crippen LogP contribution in [-0.4, -0.2) is 14.1 Å². The van der Waals surface area contributed by atoms with Crippen LogP contribution in [0.1, 0.15) is 25.0 Å². The van der Waals surface area contributed by atoms with Crippen molar-refractivity contribution in [2.24, 2.45) is 0 Å². The summed E-state index contributed by atoms with van der Waals surface area (Å²) in [5, 5.41) is 8.67. The molecule has 0 atom stereocenters. The minimum atomic E-state index is -0.171. The first-order valence-corrected chi connectivity index (χ1v) is 19.2. The molecule has 0 radical (unpaired) electrons. The normalized spacial score (nSPS) is 13.4. The Morgan fingerprint density at radius 1 is 0.418 bits per heavy atom. The van der Waals surface area contributed by atoms with Crippen LogP contribution in [0.15, 0.2) is 176 Å². The second kappa shape index (κ2) is 11.0. The van der Waals surface area contributed by atoms with Crippen LogP contribution in [0.25, 0.3) is 99.0 Å². The van der Waals surface area contributed by atoms with Crippen LogP contribution < -0.4 is 0 Å². The fourth-order valence-electron chi connectivity index (χ4n) is 9.91. The molecule has 1 aliphatic rings. The summed E-state index contributed by atoms with van der Waals surface area (Å²) < 4.78 is 4.92. The third kappa shape index (κ3) is 4.07. The third-order valence-electron chi connectivity index (χ3n) is 12.3. The molecule has 0 saturated carbocycles. The highest BCUT2D eigenvalue weighted by atomic mass is 15.0. The van der Waals surface area contributed by atoms with E-state index in [9.17, 15) is 0 Å². The topological polar surface area (TPSA) is 22.8 Å². The number of nitrogens with zero attached hydrogens (tertiary/aromatic N) is 3.